The molecule has 132 valence electrons. The maximum atomic E-state index is 9.05. The van der Waals surface area contributed by atoms with Gasteiger partial charge in [-0.1, -0.05) is 18.5 Å². The Kier molecular flexibility index (Phi) is 8.00. The first-order valence-corrected chi connectivity index (χ1v) is 9.84. The smallest absolute Gasteiger partial charge is 0.0738 e. The van der Waals surface area contributed by atoms with Crippen LogP contribution in [0.15, 0.2) is 24.4 Å². The van der Waals surface area contributed by atoms with Crippen molar-refractivity contribution in [2.45, 2.75) is 32.7 Å². The third kappa shape index (κ3) is 5.44. The lowest BCUT2D eigenvalue weighted by molar-refractivity contribution is 0.199. The van der Waals surface area contributed by atoms with Crippen molar-refractivity contribution in [2.75, 3.05) is 31.6 Å². The highest BCUT2D eigenvalue weighted by Crippen LogP contribution is 2.29. The van der Waals surface area contributed by atoms with Crippen LogP contribution in [0.5, 0.6) is 0 Å². The molecule has 1 unspecified atom stereocenters. The molecule has 0 amide bonds. The molecule has 0 saturated heterocycles. The number of hydrogen-bond donors (Lipinski definition) is 2. The van der Waals surface area contributed by atoms with E-state index in [2.05, 4.69) is 51.6 Å². The van der Waals surface area contributed by atoms with E-state index in [0.717, 1.165) is 52.6 Å². The van der Waals surface area contributed by atoms with Crippen LogP contribution in [0.4, 0.5) is 5.69 Å². The van der Waals surface area contributed by atoms with Gasteiger partial charge in [-0.25, -0.2) is 0 Å². The van der Waals surface area contributed by atoms with Crippen molar-refractivity contribution in [3.8, 4) is 0 Å². The predicted octanol–water partition coefficient (Wildman–Crippen LogP) is 4.39. The highest BCUT2D eigenvalue weighted by atomic mass is 127. The monoisotopic (exact) mass is 461 g/mol. The Hall–Kier alpha value is -0.630. The van der Waals surface area contributed by atoms with Crippen molar-refractivity contribution in [1.82, 2.24) is 9.88 Å². The van der Waals surface area contributed by atoms with Crippen molar-refractivity contribution >= 4 is 50.8 Å². The maximum Gasteiger partial charge on any atom is 0.0738 e. The highest BCUT2D eigenvalue weighted by molar-refractivity contribution is 14.1. The quantitative estimate of drug-likeness (QED) is 0.544. The Morgan fingerprint density at radius 3 is 2.88 bits per heavy atom. The number of nitrogens with zero attached hydrogens (tertiary/aromatic N) is 2. The van der Waals surface area contributed by atoms with Crippen LogP contribution in [0.3, 0.4) is 0 Å². The average molecular weight is 462 g/mol. The van der Waals surface area contributed by atoms with E-state index >= 15 is 0 Å². The zero-order valence-corrected chi connectivity index (χ0v) is 17.1. The van der Waals surface area contributed by atoms with Crippen molar-refractivity contribution in [2.24, 2.45) is 0 Å². The summed E-state index contributed by atoms with van der Waals surface area (Å²) in [6.45, 7) is 7.33. The van der Waals surface area contributed by atoms with Crippen LogP contribution in [0, 0.1) is 3.57 Å². The largest absolute Gasteiger partial charge is 0.395 e. The van der Waals surface area contributed by atoms with Crippen LogP contribution >= 0.6 is 34.2 Å². The van der Waals surface area contributed by atoms with Gasteiger partial charge in [0.05, 0.1) is 21.4 Å². The lowest BCUT2D eigenvalue weighted by Gasteiger charge is -2.22. The summed E-state index contributed by atoms with van der Waals surface area (Å²) in [5.74, 6) is 0. The van der Waals surface area contributed by atoms with E-state index in [-0.39, 0.29) is 6.61 Å². The number of aromatic nitrogens is 1. The fourth-order valence-corrected chi connectivity index (χ4v) is 3.55. The SMILES string of the molecule is CCN(CCO)CCCC(C)Nc1c(I)cnc2cc(Cl)ccc12. The van der Waals surface area contributed by atoms with Gasteiger partial charge in [0.15, 0.2) is 0 Å². The summed E-state index contributed by atoms with van der Waals surface area (Å²) in [6.07, 6.45) is 4.07. The number of fused-ring (bicyclic) bond motifs is 1. The number of benzene rings is 1. The fraction of sp³-hybridized carbons (Fsp3) is 0.500. The molecule has 0 aliphatic rings. The Bertz CT molecular complexity index is 668. The molecule has 0 saturated carbocycles. The first kappa shape index (κ1) is 19.7. The molecule has 0 aliphatic carbocycles. The minimum absolute atomic E-state index is 0.228. The number of nitrogens with one attached hydrogen (secondary N) is 1. The van der Waals surface area contributed by atoms with E-state index < -0.39 is 0 Å². The van der Waals surface area contributed by atoms with Crippen molar-refractivity contribution < 1.29 is 5.11 Å². The third-order valence-electron chi connectivity index (χ3n) is 4.15. The molecule has 0 bridgehead atoms. The van der Waals surface area contributed by atoms with Gasteiger partial charge in [0, 0.05) is 29.2 Å². The summed E-state index contributed by atoms with van der Waals surface area (Å²) in [7, 11) is 0. The minimum Gasteiger partial charge on any atom is -0.395 e. The second kappa shape index (κ2) is 9.75. The molecule has 0 spiro atoms. The predicted molar refractivity (Wildman–Crippen MR) is 111 cm³/mol. The van der Waals surface area contributed by atoms with Crippen molar-refractivity contribution in [3.63, 3.8) is 0 Å². The number of rotatable bonds is 9. The number of anilines is 1. The fourth-order valence-electron chi connectivity index (χ4n) is 2.80. The average Bonchev–Trinajstić information content (AvgIpc) is 2.56. The van der Waals surface area contributed by atoms with Crippen LogP contribution in [-0.2, 0) is 0 Å². The molecular weight excluding hydrogens is 437 g/mol. The molecule has 0 radical (unpaired) electrons. The van der Waals surface area contributed by atoms with Crippen LogP contribution < -0.4 is 5.32 Å². The van der Waals surface area contributed by atoms with E-state index in [0.29, 0.717) is 11.1 Å². The number of aliphatic hydroxyl groups excluding tert-OH is 1. The van der Waals surface area contributed by atoms with Gasteiger partial charge in [-0.05, 0) is 73.6 Å². The van der Waals surface area contributed by atoms with Crippen LogP contribution in [0.25, 0.3) is 10.9 Å². The van der Waals surface area contributed by atoms with Gasteiger partial charge in [-0.2, -0.15) is 0 Å². The number of likely N-dealkylation sites (N-methyl/N-ethyl adjacent to an activating group) is 1. The zero-order valence-electron chi connectivity index (χ0n) is 14.2. The van der Waals surface area contributed by atoms with Crippen molar-refractivity contribution in [3.05, 3.63) is 33.0 Å². The zero-order chi connectivity index (χ0) is 17.5. The highest BCUT2D eigenvalue weighted by Gasteiger charge is 2.11. The van der Waals surface area contributed by atoms with Crippen molar-refractivity contribution in [1.29, 1.82) is 0 Å². The van der Waals surface area contributed by atoms with Gasteiger partial charge >= 0.3 is 0 Å². The summed E-state index contributed by atoms with van der Waals surface area (Å²) in [5.41, 5.74) is 2.05. The van der Waals surface area contributed by atoms with Gasteiger partial charge < -0.3 is 15.3 Å². The van der Waals surface area contributed by atoms with E-state index in [4.69, 9.17) is 16.7 Å². The molecule has 6 heteroatoms. The Morgan fingerprint density at radius 2 is 2.17 bits per heavy atom. The summed E-state index contributed by atoms with van der Waals surface area (Å²) >= 11 is 8.39. The molecule has 1 aromatic heterocycles. The maximum absolute atomic E-state index is 9.05. The molecule has 24 heavy (non-hydrogen) atoms. The third-order valence-corrected chi connectivity index (χ3v) is 5.20. The van der Waals surface area contributed by atoms with E-state index in [1.54, 1.807) is 0 Å². The molecule has 0 aliphatic heterocycles. The van der Waals surface area contributed by atoms with Crippen LogP contribution in [0.2, 0.25) is 5.02 Å². The van der Waals surface area contributed by atoms with E-state index in [1.165, 1.54) is 0 Å². The normalized spacial score (nSPS) is 12.8. The number of aliphatic hydroxyl groups is 1. The molecule has 4 nitrogen and oxygen atoms in total. The molecule has 1 aromatic carbocycles. The Labute approximate surface area is 162 Å². The topological polar surface area (TPSA) is 48.4 Å². The summed E-state index contributed by atoms with van der Waals surface area (Å²) in [6, 6.07) is 6.21. The standard InChI is InChI=1S/C18H25ClIN3O/c1-3-23(9-10-24)8-4-5-13(2)22-18-15-7-6-14(19)11-17(15)21-12-16(18)20/h6-7,11-13,24H,3-5,8-10H2,1-2H3,(H,21,22). The molecular formula is C18H25ClIN3O. The first-order chi connectivity index (χ1) is 11.5. The van der Waals surface area contributed by atoms with Crippen LogP contribution in [0.1, 0.15) is 26.7 Å². The number of hydrogen-bond acceptors (Lipinski definition) is 4. The molecule has 1 heterocycles. The second-order valence-corrected chi connectivity index (χ2v) is 7.59. The van der Waals surface area contributed by atoms with Gasteiger partial charge in [0.1, 0.15) is 0 Å². The van der Waals surface area contributed by atoms with Gasteiger partial charge in [-0.3, -0.25) is 4.98 Å². The Morgan fingerprint density at radius 1 is 1.38 bits per heavy atom. The second-order valence-electron chi connectivity index (χ2n) is 5.99. The molecule has 1 atom stereocenters. The lowest BCUT2D eigenvalue weighted by atomic mass is 10.1. The van der Waals surface area contributed by atoms with Gasteiger partial charge in [0.25, 0.3) is 0 Å². The van der Waals surface area contributed by atoms with Gasteiger partial charge in [0.2, 0.25) is 0 Å². The lowest BCUT2D eigenvalue weighted by Crippen LogP contribution is -2.28. The number of pyridine rings is 1. The molecule has 0 fully saturated rings. The minimum atomic E-state index is 0.228. The molecule has 2 rings (SSSR count). The summed E-state index contributed by atoms with van der Waals surface area (Å²) < 4.78 is 1.12. The Balaban J connectivity index is 2.00. The molecule has 2 aromatic rings. The van der Waals surface area contributed by atoms with E-state index in [9.17, 15) is 0 Å². The summed E-state index contributed by atoms with van der Waals surface area (Å²) in [4.78, 5) is 6.74. The van der Waals surface area contributed by atoms with E-state index in [1.807, 2.05) is 24.4 Å². The van der Waals surface area contributed by atoms with Gasteiger partial charge in [-0.15, -0.1) is 0 Å². The molecule has 2 N–H and O–H groups in total. The number of halogens is 2. The first-order valence-electron chi connectivity index (χ1n) is 8.38. The van der Waals surface area contributed by atoms with Crippen LogP contribution in [-0.4, -0.2) is 47.3 Å². The summed E-state index contributed by atoms with van der Waals surface area (Å²) in [5, 5.41) is 14.5.